The number of anilines is 1. The molecule has 3 nitrogen and oxygen atoms in total. The molecule has 0 bridgehead atoms. The molecule has 0 N–H and O–H groups in total. The quantitative estimate of drug-likeness (QED) is 0.538. The zero-order valence-corrected chi connectivity index (χ0v) is 17.6. The van der Waals surface area contributed by atoms with Crippen LogP contribution in [-0.4, -0.2) is 29.9 Å². The monoisotopic (exact) mass is 420 g/mol. The zero-order valence-electron chi connectivity index (χ0n) is 17.6. The maximum Gasteiger partial charge on any atom is 0.258 e. The lowest BCUT2D eigenvalue weighted by Gasteiger charge is -2.38. The van der Waals surface area contributed by atoms with Crippen LogP contribution in [0.5, 0.6) is 0 Å². The molecule has 0 unspecified atom stereocenters. The molecule has 1 saturated heterocycles. The van der Waals surface area contributed by atoms with Gasteiger partial charge in [-0.3, -0.25) is 9.69 Å². The first-order chi connectivity index (χ1) is 15.0. The van der Waals surface area contributed by atoms with Crippen molar-refractivity contribution in [1.82, 2.24) is 4.90 Å². The fourth-order valence-electron chi connectivity index (χ4n) is 4.13. The molecule has 1 aliphatic rings. The second-order valence-electron chi connectivity index (χ2n) is 8.12. The average Bonchev–Trinajstić information content (AvgIpc) is 2.78. The van der Waals surface area contributed by atoms with Gasteiger partial charge in [0, 0.05) is 42.5 Å². The molecule has 1 fully saturated rings. The molecule has 0 spiro atoms. The smallest absolute Gasteiger partial charge is 0.258 e. The summed E-state index contributed by atoms with van der Waals surface area (Å²) in [5.41, 5.74) is 3.08. The summed E-state index contributed by atoms with van der Waals surface area (Å²) in [4.78, 5) is 17.4. The number of hydrogen-bond acceptors (Lipinski definition) is 2. The van der Waals surface area contributed by atoms with E-state index in [0.717, 1.165) is 31.5 Å². The van der Waals surface area contributed by atoms with Gasteiger partial charge in [0.1, 0.15) is 11.6 Å². The van der Waals surface area contributed by atoms with Gasteiger partial charge in [-0.25, -0.2) is 8.78 Å². The molecule has 0 atom stereocenters. The van der Waals surface area contributed by atoms with Crippen LogP contribution in [0.3, 0.4) is 0 Å². The third kappa shape index (κ3) is 5.00. The number of hydrogen-bond donors (Lipinski definition) is 0. The van der Waals surface area contributed by atoms with Crippen LogP contribution in [-0.2, 0) is 6.54 Å². The lowest BCUT2D eigenvalue weighted by atomic mass is 10.00. The number of benzene rings is 3. The summed E-state index contributed by atoms with van der Waals surface area (Å²) in [6, 6.07) is 20.5. The minimum atomic E-state index is -0.328. The van der Waals surface area contributed by atoms with Crippen LogP contribution in [0.25, 0.3) is 0 Å². The first kappa shape index (κ1) is 21.2. The van der Waals surface area contributed by atoms with E-state index in [1.165, 1.54) is 18.2 Å². The highest BCUT2D eigenvalue weighted by molar-refractivity contribution is 6.06. The van der Waals surface area contributed by atoms with E-state index in [1.54, 1.807) is 23.1 Å². The van der Waals surface area contributed by atoms with E-state index in [0.29, 0.717) is 23.4 Å². The summed E-state index contributed by atoms with van der Waals surface area (Å²) < 4.78 is 27.5. The highest BCUT2D eigenvalue weighted by Gasteiger charge is 2.30. The van der Waals surface area contributed by atoms with Crippen LogP contribution in [0.4, 0.5) is 14.5 Å². The van der Waals surface area contributed by atoms with Crippen molar-refractivity contribution in [3.63, 3.8) is 0 Å². The van der Waals surface area contributed by atoms with Crippen LogP contribution in [0.2, 0.25) is 0 Å². The third-order valence-corrected chi connectivity index (χ3v) is 5.90. The molecule has 4 rings (SSSR count). The van der Waals surface area contributed by atoms with Crippen LogP contribution in [0.1, 0.15) is 34.3 Å². The van der Waals surface area contributed by atoms with Crippen LogP contribution in [0.15, 0.2) is 72.8 Å². The van der Waals surface area contributed by atoms with Crippen molar-refractivity contribution in [2.75, 3.05) is 18.0 Å². The Hall–Kier alpha value is -3.05. The van der Waals surface area contributed by atoms with E-state index in [4.69, 9.17) is 0 Å². The van der Waals surface area contributed by atoms with Gasteiger partial charge in [-0.05, 0) is 62.2 Å². The summed E-state index contributed by atoms with van der Waals surface area (Å²) >= 11 is 0. The van der Waals surface area contributed by atoms with Gasteiger partial charge in [0.15, 0.2) is 0 Å². The number of rotatable bonds is 5. The van der Waals surface area contributed by atoms with Crippen LogP contribution in [0, 0.1) is 18.6 Å². The van der Waals surface area contributed by atoms with E-state index in [2.05, 4.69) is 4.90 Å². The maximum absolute atomic E-state index is 14.0. The first-order valence-electron chi connectivity index (χ1n) is 10.6. The number of likely N-dealkylation sites (tertiary alicyclic amines) is 1. The minimum absolute atomic E-state index is 0.00358. The number of aryl methyl sites for hydroxylation is 1. The molecule has 0 saturated carbocycles. The van der Waals surface area contributed by atoms with Crippen molar-refractivity contribution in [2.45, 2.75) is 32.4 Å². The molecule has 0 aliphatic carbocycles. The lowest BCUT2D eigenvalue weighted by molar-refractivity contribution is 0.0958. The Bertz CT molecular complexity index is 1030. The Morgan fingerprint density at radius 3 is 2.23 bits per heavy atom. The molecule has 3 aromatic carbocycles. The number of halogens is 2. The van der Waals surface area contributed by atoms with Crippen molar-refractivity contribution in [3.05, 3.63) is 101 Å². The Balaban J connectivity index is 1.52. The first-order valence-corrected chi connectivity index (χ1v) is 10.6. The number of piperidine rings is 1. The van der Waals surface area contributed by atoms with Gasteiger partial charge in [0.2, 0.25) is 0 Å². The van der Waals surface area contributed by atoms with Crippen molar-refractivity contribution >= 4 is 11.6 Å². The summed E-state index contributed by atoms with van der Waals surface area (Å²) in [7, 11) is 0. The second-order valence-corrected chi connectivity index (χ2v) is 8.12. The fourth-order valence-corrected chi connectivity index (χ4v) is 4.13. The molecule has 0 radical (unpaired) electrons. The predicted octanol–water partition coefficient (Wildman–Crippen LogP) is 5.58. The summed E-state index contributed by atoms with van der Waals surface area (Å²) in [5, 5.41) is 0. The van der Waals surface area contributed by atoms with Crippen molar-refractivity contribution in [3.8, 4) is 0 Å². The van der Waals surface area contributed by atoms with Gasteiger partial charge in [0.05, 0.1) is 0 Å². The average molecular weight is 421 g/mol. The number of carbonyl (C=O) groups excluding carboxylic acids is 1. The van der Waals surface area contributed by atoms with Crippen LogP contribution >= 0.6 is 0 Å². The largest absolute Gasteiger partial charge is 0.305 e. The highest BCUT2D eigenvalue weighted by atomic mass is 19.1. The molecule has 1 heterocycles. The zero-order chi connectivity index (χ0) is 21.8. The van der Waals surface area contributed by atoms with E-state index < -0.39 is 0 Å². The Morgan fingerprint density at radius 2 is 1.58 bits per heavy atom. The van der Waals surface area contributed by atoms with Crippen molar-refractivity contribution in [1.29, 1.82) is 0 Å². The van der Waals surface area contributed by atoms with Gasteiger partial charge in [0.25, 0.3) is 5.91 Å². The number of carbonyl (C=O) groups is 1. The Labute approximate surface area is 181 Å². The van der Waals surface area contributed by atoms with Crippen molar-refractivity contribution in [2.24, 2.45) is 0 Å². The minimum Gasteiger partial charge on any atom is -0.305 e. The van der Waals surface area contributed by atoms with Crippen molar-refractivity contribution < 1.29 is 13.6 Å². The molecule has 1 aliphatic heterocycles. The molecule has 5 heteroatoms. The highest BCUT2D eigenvalue weighted by Crippen LogP contribution is 2.27. The molecule has 31 heavy (non-hydrogen) atoms. The number of nitrogens with zero attached hydrogens (tertiary/aromatic N) is 2. The Morgan fingerprint density at radius 1 is 0.935 bits per heavy atom. The van der Waals surface area contributed by atoms with E-state index in [9.17, 15) is 13.6 Å². The molecule has 3 aromatic rings. The van der Waals surface area contributed by atoms with E-state index in [-0.39, 0.29) is 23.6 Å². The summed E-state index contributed by atoms with van der Waals surface area (Å²) in [6.07, 6.45) is 1.53. The summed E-state index contributed by atoms with van der Waals surface area (Å²) in [5.74, 6) is -0.600. The second kappa shape index (κ2) is 9.40. The molecular formula is C26H26F2N2O. The van der Waals surface area contributed by atoms with Gasteiger partial charge in [-0.15, -0.1) is 0 Å². The third-order valence-electron chi connectivity index (χ3n) is 5.90. The standard InChI is InChI=1S/C26H26F2N2O/c1-19-6-8-20(9-7-19)26(31)30(23-12-10-22(27)11-13-23)24-14-16-29(17-15-24)18-21-4-2-3-5-25(21)28/h2-13,24H,14-18H2,1H3. The number of amides is 1. The molecule has 1 amide bonds. The Kier molecular flexibility index (Phi) is 6.42. The van der Waals surface area contributed by atoms with E-state index >= 15 is 0 Å². The topological polar surface area (TPSA) is 23.6 Å². The maximum atomic E-state index is 14.0. The van der Waals surface area contributed by atoms with Gasteiger partial charge >= 0.3 is 0 Å². The summed E-state index contributed by atoms with van der Waals surface area (Å²) in [6.45, 7) is 4.06. The fraction of sp³-hybridized carbons (Fsp3) is 0.269. The van der Waals surface area contributed by atoms with Crippen LogP contribution < -0.4 is 4.90 Å². The van der Waals surface area contributed by atoms with Gasteiger partial charge in [-0.1, -0.05) is 35.9 Å². The normalized spacial score (nSPS) is 15.1. The molecular weight excluding hydrogens is 394 g/mol. The predicted molar refractivity (Wildman–Crippen MR) is 119 cm³/mol. The lowest BCUT2D eigenvalue weighted by Crippen LogP contribution is -2.47. The van der Waals surface area contributed by atoms with E-state index in [1.807, 2.05) is 43.3 Å². The van der Waals surface area contributed by atoms with Gasteiger partial charge < -0.3 is 4.90 Å². The molecule has 160 valence electrons. The SMILES string of the molecule is Cc1ccc(C(=O)N(c2ccc(F)cc2)C2CCN(Cc3ccccc3F)CC2)cc1. The molecule has 0 aromatic heterocycles. The van der Waals surface area contributed by atoms with Gasteiger partial charge in [-0.2, -0.15) is 0 Å².